The molecular weight excluding hydrogens is 216 g/mol. The van der Waals surface area contributed by atoms with Gasteiger partial charge in [0.2, 0.25) is 0 Å². The standard InChI is InChI=1S/C12H20N4O/c1-12(2,3)7-4-5-9-8(6-7)10(16-15-9)11(17)14-13/h7H,4-6,13H2,1-3H3,(H,14,17)(H,15,16)/t7-/m0/s1. The lowest BCUT2D eigenvalue weighted by Gasteiger charge is -2.33. The molecule has 2 rings (SSSR count). The number of amides is 1. The first-order valence-electron chi connectivity index (χ1n) is 6.00. The summed E-state index contributed by atoms with van der Waals surface area (Å²) in [6.45, 7) is 6.72. The van der Waals surface area contributed by atoms with E-state index >= 15 is 0 Å². The SMILES string of the molecule is CC(C)(C)[C@H]1CCc2[nH]nc(C(=O)NN)c2C1. The first-order valence-corrected chi connectivity index (χ1v) is 6.00. The summed E-state index contributed by atoms with van der Waals surface area (Å²) in [5.41, 5.74) is 4.99. The number of aromatic amines is 1. The van der Waals surface area contributed by atoms with Gasteiger partial charge in [-0.15, -0.1) is 0 Å². The highest BCUT2D eigenvalue weighted by Crippen LogP contribution is 2.37. The lowest BCUT2D eigenvalue weighted by atomic mass is 9.71. The van der Waals surface area contributed by atoms with Gasteiger partial charge in [0.25, 0.3) is 5.91 Å². The summed E-state index contributed by atoms with van der Waals surface area (Å²) in [5, 5.41) is 7.02. The number of rotatable bonds is 1. The van der Waals surface area contributed by atoms with Gasteiger partial charge in [-0.3, -0.25) is 15.3 Å². The molecule has 1 aromatic heterocycles. The summed E-state index contributed by atoms with van der Waals surface area (Å²) < 4.78 is 0. The Labute approximate surface area is 101 Å². The highest BCUT2D eigenvalue weighted by molar-refractivity contribution is 5.93. The third-order valence-electron chi connectivity index (χ3n) is 3.72. The summed E-state index contributed by atoms with van der Waals surface area (Å²) in [4.78, 5) is 11.6. The van der Waals surface area contributed by atoms with Crippen molar-refractivity contribution >= 4 is 5.91 Å². The number of carbonyl (C=O) groups excluding carboxylic acids is 1. The topological polar surface area (TPSA) is 83.8 Å². The molecule has 5 heteroatoms. The van der Waals surface area contributed by atoms with Crippen LogP contribution in [0.5, 0.6) is 0 Å². The van der Waals surface area contributed by atoms with E-state index in [2.05, 4.69) is 36.4 Å². The minimum Gasteiger partial charge on any atom is -0.289 e. The van der Waals surface area contributed by atoms with Crippen molar-refractivity contribution in [3.05, 3.63) is 17.0 Å². The molecule has 1 aliphatic rings. The zero-order valence-electron chi connectivity index (χ0n) is 10.6. The molecule has 0 aliphatic heterocycles. The van der Waals surface area contributed by atoms with Crippen molar-refractivity contribution in [3.63, 3.8) is 0 Å². The highest BCUT2D eigenvalue weighted by Gasteiger charge is 2.32. The van der Waals surface area contributed by atoms with Gasteiger partial charge in [0.05, 0.1) is 0 Å². The number of nitrogens with one attached hydrogen (secondary N) is 2. The van der Waals surface area contributed by atoms with E-state index < -0.39 is 0 Å². The molecule has 4 N–H and O–H groups in total. The van der Waals surface area contributed by atoms with Crippen LogP contribution in [0.3, 0.4) is 0 Å². The summed E-state index contributed by atoms with van der Waals surface area (Å²) in [5.74, 6) is 5.44. The van der Waals surface area contributed by atoms with E-state index in [4.69, 9.17) is 5.84 Å². The minimum atomic E-state index is -0.308. The van der Waals surface area contributed by atoms with E-state index in [9.17, 15) is 4.79 Å². The van der Waals surface area contributed by atoms with Crippen molar-refractivity contribution in [1.29, 1.82) is 0 Å². The molecule has 0 unspecified atom stereocenters. The normalized spacial score (nSPS) is 19.9. The van der Waals surface area contributed by atoms with Crippen molar-refractivity contribution < 1.29 is 4.79 Å². The third kappa shape index (κ3) is 2.20. The average Bonchev–Trinajstić information content (AvgIpc) is 2.69. The van der Waals surface area contributed by atoms with Crippen LogP contribution in [-0.4, -0.2) is 16.1 Å². The maximum atomic E-state index is 11.6. The molecule has 0 saturated carbocycles. The summed E-state index contributed by atoms with van der Waals surface area (Å²) in [6, 6.07) is 0. The fraction of sp³-hybridized carbons (Fsp3) is 0.667. The van der Waals surface area contributed by atoms with Gasteiger partial charge in [0.1, 0.15) is 0 Å². The Hall–Kier alpha value is -1.36. The molecule has 0 spiro atoms. The summed E-state index contributed by atoms with van der Waals surface area (Å²) in [7, 11) is 0. The fourth-order valence-corrected chi connectivity index (χ4v) is 2.49. The molecule has 0 fully saturated rings. The van der Waals surface area contributed by atoms with Crippen LogP contribution in [0.25, 0.3) is 0 Å². The smallest absolute Gasteiger partial charge is 0.285 e. The van der Waals surface area contributed by atoms with Crippen LogP contribution in [0, 0.1) is 11.3 Å². The predicted octanol–water partition coefficient (Wildman–Crippen LogP) is 1.16. The number of nitrogen functional groups attached to an aromatic ring is 1. The van der Waals surface area contributed by atoms with Crippen LogP contribution in [0.4, 0.5) is 0 Å². The van der Waals surface area contributed by atoms with Crippen LogP contribution in [-0.2, 0) is 12.8 Å². The van der Waals surface area contributed by atoms with Crippen molar-refractivity contribution in [2.24, 2.45) is 17.2 Å². The first-order chi connectivity index (χ1) is 7.93. The molecule has 0 aromatic carbocycles. The van der Waals surface area contributed by atoms with E-state index in [0.717, 1.165) is 30.5 Å². The zero-order chi connectivity index (χ0) is 12.6. The van der Waals surface area contributed by atoms with Gasteiger partial charge in [-0.05, 0) is 30.6 Å². The van der Waals surface area contributed by atoms with Crippen molar-refractivity contribution in [2.75, 3.05) is 0 Å². The Morgan fingerprint density at radius 1 is 1.53 bits per heavy atom. The largest absolute Gasteiger partial charge is 0.289 e. The number of nitrogens with zero attached hydrogens (tertiary/aromatic N) is 1. The average molecular weight is 236 g/mol. The van der Waals surface area contributed by atoms with Crippen molar-refractivity contribution in [1.82, 2.24) is 15.6 Å². The highest BCUT2D eigenvalue weighted by atomic mass is 16.2. The number of H-pyrrole nitrogens is 1. The quantitative estimate of drug-likeness (QED) is 0.389. The second-order valence-electron chi connectivity index (χ2n) is 5.81. The van der Waals surface area contributed by atoms with Crippen molar-refractivity contribution in [3.8, 4) is 0 Å². The van der Waals surface area contributed by atoms with Gasteiger partial charge in [0, 0.05) is 11.3 Å². The van der Waals surface area contributed by atoms with Crippen LogP contribution >= 0.6 is 0 Å². The van der Waals surface area contributed by atoms with E-state index in [1.165, 1.54) is 0 Å². The number of carbonyl (C=O) groups is 1. The van der Waals surface area contributed by atoms with E-state index in [1.54, 1.807) is 0 Å². The number of hydrogen-bond acceptors (Lipinski definition) is 3. The fourth-order valence-electron chi connectivity index (χ4n) is 2.49. The molecule has 1 aliphatic carbocycles. The monoisotopic (exact) mass is 236 g/mol. The molecule has 1 aromatic rings. The van der Waals surface area contributed by atoms with Gasteiger partial charge in [-0.2, -0.15) is 5.10 Å². The van der Waals surface area contributed by atoms with Gasteiger partial charge < -0.3 is 0 Å². The Morgan fingerprint density at radius 2 is 2.24 bits per heavy atom. The molecular formula is C12H20N4O. The van der Waals surface area contributed by atoms with Gasteiger partial charge >= 0.3 is 0 Å². The molecule has 0 bridgehead atoms. The maximum absolute atomic E-state index is 11.6. The molecule has 17 heavy (non-hydrogen) atoms. The van der Waals surface area contributed by atoms with Crippen LogP contribution < -0.4 is 11.3 Å². The molecule has 94 valence electrons. The Kier molecular flexibility index (Phi) is 2.95. The summed E-state index contributed by atoms with van der Waals surface area (Å²) in [6.07, 6.45) is 3.00. The third-order valence-corrected chi connectivity index (χ3v) is 3.72. The lowest BCUT2D eigenvalue weighted by Crippen LogP contribution is -2.32. The minimum absolute atomic E-state index is 0.255. The molecule has 1 amide bonds. The predicted molar refractivity (Wildman–Crippen MR) is 65.2 cm³/mol. The second kappa shape index (κ2) is 4.14. The molecule has 0 radical (unpaired) electrons. The van der Waals surface area contributed by atoms with E-state index in [0.29, 0.717) is 11.6 Å². The molecule has 1 heterocycles. The van der Waals surface area contributed by atoms with Gasteiger partial charge in [0.15, 0.2) is 5.69 Å². The Bertz CT molecular complexity index is 430. The van der Waals surface area contributed by atoms with Crippen LogP contribution in [0.1, 0.15) is 48.9 Å². The zero-order valence-corrected chi connectivity index (χ0v) is 10.6. The number of aryl methyl sites for hydroxylation is 1. The summed E-state index contributed by atoms with van der Waals surface area (Å²) >= 11 is 0. The van der Waals surface area contributed by atoms with E-state index in [-0.39, 0.29) is 11.3 Å². The van der Waals surface area contributed by atoms with Crippen molar-refractivity contribution in [2.45, 2.75) is 40.0 Å². The molecule has 1 atom stereocenters. The first kappa shape index (κ1) is 12.1. The second-order valence-corrected chi connectivity index (χ2v) is 5.81. The Balaban J connectivity index is 2.29. The van der Waals surface area contributed by atoms with Crippen LogP contribution in [0.2, 0.25) is 0 Å². The number of nitrogens with two attached hydrogens (primary N) is 1. The maximum Gasteiger partial charge on any atom is 0.285 e. The van der Waals surface area contributed by atoms with Crippen LogP contribution in [0.15, 0.2) is 0 Å². The molecule has 5 nitrogen and oxygen atoms in total. The number of hydrogen-bond donors (Lipinski definition) is 3. The lowest BCUT2D eigenvalue weighted by molar-refractivity contribution is 0.0946. The number of fused-ring (bicyclic) bond motifs is 1. The van der Waals surface area contributed by atoms with E-state index in [1.807, 2.05) is 0 Å². The molecule has 0 saturated heterocycles. The number of aromatic nitrogens is 2. The number of hydrazine groups is 1. The van der Waals surface area contributed by atoms with Gasteiger partial charge in [-0.1, -0.05) is 20.8 Å². The Morgan fingerprint density at radius 3 is 2.82 bits per heavy atom. The van der Waals surface area contributed by atoms with Gasteiger partial charge in [-0.25, -0.2) is 5.84 Å².